The second-order valence-electron chi connectivity index (χ2n) is 7.91. The first kappa shape index (κ1) is 19.6. The van der Waals surface area contributed by atoms with Crippen LogP contribution in [0.3, 0.4) is 0 Å². The van der Waals surface area contributed by atoms with E-state index in [-0.39, 0.29) is 12.2 Å². The third-order valence-corrected chi connectivity index (χ3v) is 6.00. The summed E-state index contributed by atoms with van der Waals surface area (Å²) in [5.41, 5.74) is 1.19. The molecule has 3 atom stereocenters. The highest BCUT2D eigenvalue weighted by Crippen LogP contribution is 2.44. The van der Waals surface area contributed by atoms with Gasteiger partial charge in [0.25, 0.3) is 0 Å². The largest absolute Gasteiger partial charge is 0.391 e. The van der Waals surface area contributed by atoms with Gasteiger partial charge in [-0.1, -0.05) is 84.9 Å². The molecule has 0 heterocycles. The van der Waals surface area contributed by atoms with E-state index in [9.17, 15) is 15.0 Å². The van der Waals surface area contributed by atoms with E-state index in [0.29, 0.717) is 19.3 Å². The molecule has 1 fully saturated rings. The molecule has 3 unspecified atom stereocenters. The van der Waals surface area contributed by atoms with Crippen molar-refractivity contribution in [3.63, 3.8) is 0 Å². The van der Waals surface area contributed by atoms with E-state index in [1.54, 1.807) is 0 Å². The van der Waals surface area contributed by atoms with Crippen LogP contribution in [0.2, 0.25) is 0 Å². The lowest BCUT2D eigenvalue weighted by Gasteiger charge is -2.30. The van der Waals surface area contributed by atoms with Gasteiger partial charge in [0.1, 0.15) is 5.78 Å². The molecule has 3 aromatic rings. The number of carbonyl (C=O) groups excluding carboxylic acids is 1. The number of hydrogen-bond acceptors (Lipinski definition) is 3. The van der Waals surface area contributed by atoms with Crippen LogP contribution in [-0.2, 0) is 10.2 Å². The Morgan fingerprint density at radius 2 is 1.72 bits per heavy atom. The van der Waals surface area contributed by atoms with Gasteiger partial charge in [-0.15, -0.1) is 0 Å². The van der Waals surface area contributed by atoms with Crippen molar-refractivity contribution in [3.8, 4) is 0 Å². The number of carbonyl (C=O) groups is 1. The van der Waals surface area contributed by atoms with E-state index in [2.05, 4.69) is 18.2 Å². The van der Waals surface area contributed by atoms with Crippen LogP contribution < -0.4 is 0 Å². The minimum absolute atomic E-state index is 0.0828. The van der Waals surface area contributed by atoms with Gasteiger partial charge in [-0.25, -0.2) is 0 Å². The lowest BCUT2D eigenvalue weighted by molar-refractivity contribution is -0.117. The van der Waals surface area contributed by atoms with Gasteiger partial charge in [0, 0.05) is 18.3 Å². The Hall–Kier alpha value is -2.75. The Labute approximate surface area is 171 Å². The third kappa shape index (κ3) is 3.89. The Kier molecular flexibility index (Phi) is 5.61. The SMILES string of the molecule is O=C1CC(O)C(/C=C/CCC(O)c2ccccc2)(c2cccc3ccccc23)C1. The van der Waals surface area contributed by atoms with Crippen molar-refractivity contribution in [1.82, 2.24) is 0 Å². The van der Waals surface area contributed by atoms with E-state index in [4.69, 9.17) is 0 Å². The summed E-state index contributed by atoms with van der Waals surface area (Å²) in [6, 6.07) is 23.8. The van der Waals surface area contributed by atoms with Crippen molar-refractivity contribution in [1.29, 1.82) is 0 Å². The Morgan fingerprint density at radius 3 is 2.48 bits per heavy atom. The van der Waals surface area contributed by atoms with Crippen LogP contribution in [0.4, 0.5) is 0 Å². The summed E-state index contributed by atoms with van der Waals surface area (Å²) >= 11 is 0. The number of benzene rings is 3. The lowest BCUT2D eigenvalue weighted by Crippen LogP contribution is -2.33. The number of Topliss-reactive ketones (excluding diaryl/α,β-unsaturated/α-hetero) is 1. The van der Waals surface area contributed by atoms with Crippen LogP contribution in [0, 0.1) is 0 Å². The first-order valence-corrected chi connectivity index (χ1v) is 10.2. The molecule has 0 radical (unpaired) electrons. The summed E-state index contributed by atoms with van der Waals surface area (Å²) < 4.78 is 0. The Balaban J connectivity index is 1.61. The number of aliphatic hydroxyl groups is 2. The molecule has 4 rings (SSSR count). The van der Waals surface area contributed by atoms with E-state index in [0.717, 1.165) is 21.9 Å². The summed E-state index contributed by atoms with van der Waals surface area (Å²) in [5.74, 6) is 0.0828. The highest BCUT2D eigenvalue weighted by Gasteiger charge is 2.46. The quantitative estimate of drug-likeness (QED) is 0.594. The van der Waals surface area contributed by atoms with Crippen LogP contribution in [0.1, 0.15) is 42.9 Å². The van der Waals surface area contributed by atoms with Gasteiger partial charge in [-0.3, -0.25) is 4.79 Å². The van der Waals surface area contributed by atoms with Gasteiger partial charge in [0.15, 0.2) is 0 Å². The third-order valence-electron chi connectivity index (χ3n) is 6.00. The predicted octanol–water partition coefficient (Wildman–Crippen LogP) is 4.87. The minimum Gasteiger partial charge on any atom is -0.391 e. The summed E-state index contributed by atoms with van der Waals surface area (Å²) in [5, 5.41) is 23.4. The molecule has 0 aromatic heterocycles. The van der Waals surface area contributed by atoms with E-state index < -0.39 is 17.6 Å². The summed E-state index contributed by atoms with van der Waals surface area (Å²) in [7, 11) is 0. The highest BCUT2D eigenvalue weighted by molar-refractivity contribution is 5.91. The Bertz CT molecular complexity index is 1020. The van der Waals surface area contributed by atoms with Gasteiger partial charge < -0.3 is 10.2 Å². The van der Waals surface area contributed by atoms with Gasteiger partial charge in [0.2, 0.25) is 0 Å². The first-order chi connectivity index (χ1) is 14.1. The molecule has 0 aliphatic heterocycles. The number of ketones is 1. The minimum atomic E-state index is -0.740. The van der Waals surface area contributed by atoms with Crippen molar-refractivity contribution in [2.45, 2.75) is 43.3 Å². The summed E-state index contributed by atoms with van der Waals surface area (Å²) in [6.45, 7) is 0. The van der Waals surface area contributed by atoms with Crippen LogP contribution in [0.25, 0.3) is 10.8 Å². The summed E-state index contributed by atoms with van der Waals surface area (Å²) in [6.07, 6.45) is 4.50. The maximum Gasteiger partial charge on any atom is 0.136 e. The van der Waals surface area contributed by atoms with Crippen LogP contribution in [0.15, 0.2) is 84.9 Å². The zero-order valence-corrected chi connectivity index (χ0v) is 16.4. The second kappa shape index (κ2) is 8.32. The normalized spacial score (nSPS) is 23.1. The van der Waals surface area contributed by atoms with Crippen LogP contribution >= 0.6 is 0 Å². The lowest BCUT2D eigenvalue weighted by atomic mass is 9.74. The predicted molar refractivity (Wildman–Crippen MR) is 116 cm³/mol. The molecule has 1 aliphatic rings. The standard InChI is InChI=1S/C26H26O3/c27-21-17-25(29)26(18-21,23-14-8-12-19-9-4-5-13-22(19)23)16-7-6-15-24(28)20-10-2-1-3-11-20/h1-5,7-14,16,24-25,28-29H,6,15,17-18H2/b16-7+. The summed E-state index contributed by atoms with van der Waals surface area (Å²) in [4.78, 5) is 12.3. The highest BCUT2D eigenvalue weighted by atomic mass is 16.3. The zero-order chi connectivity index (χ0) is 20.3. The van der Waals surface area contributed by atoms with Gasteiger partial charge in [0.05, 0.1) is 12.2 Å². The molecule has 3 nitrogen and oxygen atoms in total. The average molecular weight is 386 g/mol. The number of allylic oxidation sites excluding steroid dienone is 1. The van der Waals surface area contributed by atoms with Gasteiger partial charge in [-0.2, -0.15) is 0 Å². The number of fused-ring (bicyclic) bond motifs is 1. The molecule has 0 spiro atoms. The molecule has 0 amide bonds. The molecule has 3 aromatic carbocycles. The molecule has 148 valence electrons. The first-order valence-electron chi connectivity index (χ1n) is 10.2. The number of rotatable bonds is 6. The molecule has 0 bridgehead atoms. The van der Waals surface area contributed by atoms with E-state index >= 15 is 0 Å². The molecular weight excluding hydrogens is 360 g/mol. The maximum absolute atomic E-state index is 12.3. The second-order valence-corrected chi connectivity index (χ2v) is 7.91. The molecule has 29 heavy (non-hydrogen) atoms. The van der Waals surface area contributed by atoms with Crippen molar-refractivity contribution < 1.29 is 15.0 Å². The molecule has 1 saturated carbocycles. The molecule has 3 heteroatoms. The van der Waals surface area contributed by atoms with Gasteiger partial charge in [-0.05, 0) is 34.7 Å². The van der Waals surface area contributed by atoms with Crippen LogP contribution in [0.5, 0.6) is 0 Å². The maximum atomic E-state index is 12.3. The fourth-order valence-corrected chi connectivity index (χ4v) is 4.47. The zero-order valence-electron chi connectivity index (χ0n) is 16.4. The monoisotopic (exact) mass is 386 g/mol. The Morgan fingerprint density at radius 1 is 1.00 bits per heavy atom. The van der Waals surface area contributed by atoms with Crippen molar-refractivity contribution >= 4 is 16.6 Å². The fourth-order valence-electron chi connectivity index (χ4n) is 4.47. The van der Waals surface area contributed by atoms with Crippen molar-refractivity contribution in [3.05, 3.63) is 96.1 Å². The van der Waals surface area contributed by atoms with Crippen molar-refractivity contribution in [2.24, 2.45) is 0 Å². The number of hydrogen-bond donors (Lipinski definition) is 2. The molecule has 2 N–H and O–H groups in total. The average Bonchev–Trinajstić information content (AvgIpc) is 3.05. The smallest absolute Gasteiger partial charge is 0.136 e. The van der Waals surface area contributed by atoms with E-state index in [1.165, 1.54) is 0 Å². The molecule has 0 saturated heterocycles. The number of aliphatic hydroxyl groups excluding tert-OH is 2. The van der Waals surface area contributed by atoms with Crippen LogP contribution in [-0.4, -0.2) is 22.1 Å². The fraction of sp³-hybridized carbons (Fsp3) is 0.269. The van der Waals surface area contributed by atoms with E-state index in [1.807, 2.05) is 66.7 Å². The molecule has 1 aliphatic carbocycles. The van der Waals surface area contributed by atoms with Crippen molar-refractivity contribution in [2.75, 3.05) is 0 Å². The topological polar surface area (TPSA) is 57.5 Å². The molecular formula is C26H26O3. The van der Waals surface area contributed by atoms with Gasteiger partial charge >= 0.3 is 0 Å².